The van der Waals surface area contributed by atoms with Gasteiger partial charge in [-0.2, -0.15) is 0 Å². The van der Waals surface area contributed by atoms with Crippen molar-refractivity contribution in [2.75, 3.05) is 11.1 Å². The first-order valence-electron chi connectivity index (χ1n) is 8.64. The van der Waals surface area contributed by atoms with E-state index in [-0.39, 0.29) is 29.1 Å². The minimum absolute atomic E-state index is 0.0823. The summed E-state index contributed by atoms with van der Waals surface area (Å²) >= 11 is 19.1. The van der Waals surface area contributed by atoms with Gasteiger partial charge in [-0.25, -0.2) is 0 Å². The zero-order valence-electron chi connectivity index (χ0n) is 15.7. The predicted octanol–water partition coefficient (Wildman–Crippen LogP) is 4.44. The van der Waals surface area contributed by atoms with Crippen LogP contribution in [0.5, 0.6) is 0 Å². The normalized spacial score (nSPS) is 10.7. The molecule has 0 bridgehead atoms. The second kappa shape index (κ2) is 10.2. The van der Waals surface area contributed by atoms with Gasteiger partial charge in [0, 0.05) is 12.6 Å². The summed E-state index contributed by atoms with van der Waals surface area (Å²) in [5.41, 5.74) is 0.936. The number of aromatic nitrogens is 3. The van der Waals surface area contributed by atoms with E-state index >= 15 is 0 Å². The number of hydrogen-bond donors (Lipinski definition) is 2. The fourth-order valence-electron chi connectivity index (χ4n) is 2.41. The number of carbonyl (C=O) groups excluding carboxylic acids is 2. The lowest BCUT2D eigenvalue weighted by atomic mass is 10.2. The van der Waals surface area contributed by atoms with Gasteiger partial charge in [0.15, 0.2) is 11.0 Å². The molecular formula is C19H16Cl3N5O2S. The molecule has 3 rings (SSSR count). The number of rotatable bonds is 7. The summed E-state index contributed by atoms with van der Waals surface area (Å²) in [5.74, 6) is 0.154. The minimum atomic E-state index is -0.290. The van der Waals surface area contributed by atoms with Crippen LogP contribution in [0.3, 0.4) is 0 Å². The topological polar surface area (TPSA) is 88.9 Å². The molecule has 11 heteroatoms. The Bertz CT molecular complexity index is 1080. The van der Waals surface area contributed by atoms with Crippen LogP contribution in [-0.2, 0) is 18.4 Å². The van der Waals surface area contributed by atoms with Gasteiger partial charge < -0.3 is 15.2 Å². The number of nitrogens with one attached hydrogen (secondary N) is 2. The average molecular weight is 485 g/mol. The number of amides is 2. The van der Waals surface area contributed by atoms with Crippen molar-refractivity contribution in [2.24, 2.45) is 7.05 Å². The highest BCUT2D eigenvalue weighted by Crippen LogP contribution is 2.32. The average Bonchev–Trinajstić information content (AvgIpc) is 3.09. The van der Waals surface area contributed by atoms with E-state index in [9.17, 15) is 9.59 Å². The third-order valence-electron chi connectivity index (χ3n) is 3.98. The fourth-order valence-corrected chi connectivity index (χ4v) is 3.73. The highest BCUT2D eigenvalue weighted by molar-refractivity contribution is 7.99. The lowest BCUT2D eigenvalue weighted by Crippen LogP contribution is -2.24. The van der Waals surface area contributed by atoms with Crippen LogP contribution in [0.4, 0.5) is 5.69 Å². The molecule has 156 valence electrons. The van der Waals surface area contributed by atoms with Crippen LogP contribution in [0.15, 0.2) is 47.6 Å². The molecule has 0 fully saturated rings. The summed E-state index contributed by atoms with van der Waals surface area (Å²) in [4.78, 5) is 24.4. The quantitative estimate of drug-likeness (QED) is 0.382. The molecule has 30 heavy (non-hydrogen) atoms. The van der Waals surface area contributed by atoms with Gasteiger partial charge in [0.2, 0.25) is 5.91 Å². The number of hydrogen-bond acceptors (Lipinski definition) is 5. The van der Waals surface area contributed by atoms with Crippen molar-refractivity contribution in [1.29, 1.82) is 0 Å². The maximum Gasteiger partial charge on any atom is 0.251 e. The Morgan fingerprint density at radius 3 is 2.47 bits per heavy atom. The van der Waals surface area contributed by atoms with Crippen molar-refractivity contribution in [3.8, 4) is 0 Å². The van der Waals surface area contributed by atoms with E-state index in [0.717, 1.165) is 0 Å². The van der Waals surface area contributed by atoms with Gasteiger partial charge in [-0.15, -0.1) is 10.2 Å². The van der Waals surface area contributed by atoms with Crippen molar-refractivity contribution in [3.05, 3.63) is 68.9 Å². The van der Waals surface area contributed by atoms with Crippen LogP contribution in [-0.4, -0.2) is 32.3 Å². The maximum absolute atomic E-state index is 12.2. The van der Waals surface area contributed by atoms with Crippen LogP contribution < -0.4 is 10.6 Å². The second-order valence-electron chi connectivity index (χ2n) is 6.09. The van der Waals surface area contributed by atoms with E-state index in [4.69, 9.17) is 34.8 Å². The molecule has 3 aromatic rings. The van der Waals surface area contributed by atoms with Gasteiger partial charge in [-0.1, -0.05) is 64.8 Å². The largest absolute Gasteiger partial charge is 0.345 e. The Morgan fingerprint density at radius 1 is 1.03 bits per heavy atom. The van der Waals surface area contributed by atoms with Gasteiger partial charge >= 0.3 is 0 Å². The number of thioether (sulfide) groups is 1. The Kier molecular flexibility index (Phi) is 7.60. The molecule has 0 aliphatic carbocycles. The number of nitrogens with zero attached hydrogens (tertiary/aromatic N) is 3. The summed E-state index contributed by atoms with van der Waals surface area (Å²) in [7, 11) is 1.76. The van der Waals surface area contributed by atoms with Crippen molar-refractivity contribution >= 4 is 64.1 Å². The van der Waals surface area contributed by atoms with E-state index in [1.807, 2.05) is 6.07 Å². The third kappa shape index (κ3) is 5.66. The molecule has 0 unspecified atom stereocenters. The monoisotopic (exact) mass is 483 g/mol. The van der Waals surface area contributed by atoms with Crippen LogP contribution in [0.1, 0.15) is 16.2 Å². The Hall–Kier alpha value is -2.26. The number of anilines is 1. The van der Waals surface area contributed by atoms with E-state index in [2.05, 4.69) is 20.8 Å². The number of halogens is 3. The molecule has 0 saturated carbocycles. The molecule has 1 heterocycles. The molecule has 0 atom stereocenters. The van der Waals surface area contributed by atoms with E-state index in [1.165, 1.54) is 23.9 Å². The molecule has 0 saturated heterocycles. The molecule has 7 nitrogen and oxygen atoms in total. The zero-order valence-corrected chi connectivity index (χ0v) is 18.7. The first-order chi connectivity index (χ1) is 14.3. The molecule has 0 spiro atoms. The standard InChI is InChI=1S/C19H16Cl3N5O2S/c1-27-16(9-23-18(29)11-5-3-2-4-6-11)25-26-19(27)30-10-17(28)24-15-8-13(21)12(20)7-14(15)22/h2-8H,9-10H2,1H3,(H,23,29)(H,24,28). The SMILES string of the molecule is Cn1c(CNC(=O)c2ccccc2)nnc1SCC(=O)Nc1cc(Cl)c(Cl)cc1Cl. The smallest absolute Gasteiger partial charge is 0.251 e. The number of carbonyl (C=O) groups is 2. The van der Waals surface area contributed by atoms with Gasteiger partial charge in [0.05, 0.1) is 33.1 Å². The highest BCUT2D eigenvalue weighted by atomic mass is 35.5. The summed E-state index contributed by atoms with van der Waals surface area (Å²) in [6.07, 6.45) is 0. The fraction of sp³-hybridized carbons (Fsp3) is 0.158. The van der Waals surface area contributed by atoms with Crippen molar-refractivity contribution in [1.82, 2.24) is 20.1 Å². The zero-order chi connectivity index (χ0) is 21.7. The Morgan fingerprint density at radius 2 is 1.73 bits per heavy atom. The van der Waals surface area contributed by atoms with Crippen molar-refractivity contribution in [3.63, 3.8) is 0 Å². The third-order valence-corrected chi connectivity index (χ3v) is 6.04. The summed E-state index contributed by atoms with van der Waals surface area (Å²) in [5, 5.41) is 15.0. The van der Waals surface area contributed by atoms with Crippen LogP contribution in [0.2, 0.25) is 15.1 Å². The van der Waals surface area contributed by atoms with Crippen LogP contribution >= 0.6 is 46.6 Å². The summed E-state index contributed by atoms with van der Waals surface area (Å²) in [6.45, 7) is 0.211. The Labute approximate surface area is 192 Å². The van der Waals surface area contributed by atoms with Gasteiger partial charge in [-0.3, -0.25) is 9.59 Å². The second-order valence-corrected chi connectivity index (χ2v) is 8.25. The Balaban J connectivity index is 1.54. The lowest BCUT2D eigenvalue weighted by Gasteiger charge is -2.09. The van der Waals surface area contributed by atoms with Gasteiger partial charge in [0.25, 0.3) is 5.91 Å². The molecule has 2 amide bonds. The van der Waals surface area contributed by atoms with Gasteiger partial charge in [0.1, 0.15) is 0 Å². The number of benzene rings is 2. The molecule has 1 aromatic heterocycles. The molecule has 2 aromatic carbocycles. The predicted molar refractivity (Wildman–Crippen MR) is 119 cm³/mol. The summed E-state index contributed by atoms with van der Waals surface area (Å²) < 4.78 is 1.72. The first kappa shape index (κ1) is 22.4. The van der Waals surface area contributed by atoms with Gasteiger partial charge in [-0.05, 0) is 24.3 Å². The minimum Gasteiger partial charge on any atom is -0.345 e. The van der Waals surface area contributed by atoms with Crippen LogP contribution in [0.25, 0.3) is 0 Å². The molecular weight excluding hydrogens is 469 g/mol. The summed E-state index contributed by atoms with van der Waals surface area (Å²) in [6, 6.07) is 11.8. The first-order valence-corrected chi connectivity index (χ1v) is 10.8. The van der Waals surface area contributed by atoms with E-state index < -0.39 is 0 Å². The maximum atomic E-state index is 12.2. The molecule has 2 N–H and O–H groups in total. The molecule has 0 aliphatic heterocycles. The van der Waals surface area contributed by atoms with Crippen LogP contribution in [0, 0.1) is 0 Å². The van der Waals surface area contributed by atoms with E-state index in [0.29, 0.717) is 32.3 Å². The van der Waals surface area contributed by atoms with Crippen molar-refractivity contribution in [2.45, 2.75) is 11.7 Å². The molecule has 0 radical (unpaired) electrons. The van der Waals surface area contributed by atoms with Crippen molar-refractivity contribution < 1.29 is 9.59 Å². The highest BCUT2D eigenvalue weighted by Gasteiger charge is 2.14. The lowest BCUT2D eigenvalue weighted by molar-refractivity contribution is -0.113. The molecule has 0 aliphatic rings. The van der Waals surface area contributed by atoms with E-state index in [1.54, 1.807) is 35.9 Å².